The highest BCUT2D eigenvalue weighted by atomic mass is 16.6. The number of amides is 1. The number of esters is 1. The first-order valence-electron chi connectivity index (χ1n) is 6.63. The zero-order chi connectivity index (χ0) is 15.7. The molecule has 1 amide bonds. The van der Waals surface area contributed by atoms with Gasteiger partial charge in [0.15, 0.2) is 13.2 Å². The molecule has 21 heavy (non-hydrogen) atoms. The zero-order valence-electron chi connectivity index (χ0n) is 12.1. The molecule has 0 radical (unpaired) electrons. The van der Waals surface area contributed by atoms with Gasteiger partial charge in [-0.2, -0.15) is 5.26 Å². The van der Waals surface area contributed by atoms with Crippen LogP contribution in [0.15, 0.2) is 24.3 Å². The first kappa shape index (κ1) is 16.5. The van der Waals surface area contributed by atoms with E-state index in [-0.39, 0.29) is 25.2 Å². The second kappa shape index (κ2) is 8.59. The molecule has 6 heteroatoms. The maximum Gasteiger partial charge on any atom is 0.344 e. The van der Waals surface area contributed by atoms with Crippen molar-refractivity contribution in [3.63, 3.8) is 0 Å². The number of rotatable bonds is 7. The quantitative estimate of drug-likeness (QED) is 0.767. The Kier molecular flexibility index (Phi) is 6.75. The fourth-order valence-electron chi connectivity index (χ4n) is 1.37. The Hall–Kier alpha value is -2.55. The summed E-state index contributed by atoms with van der Waals surface area (Å²) in [7, 11) is 0. The average Bonchev–Trinajstić information content (AvgIpc) is 2.51. The summed E-state index contributed by atoms with van der Waals surface area (Å²) >= 11 is 0. The molecule has 0 spiro atoms. The molecule has 0 unspecified atom stereocenters. The first-order valence-corrected chi connectivity index (χ1v) is 6.63. The fraction of sp³-hybridized carbons (Fsp3) is 0.400. The van der Waals surface area contributed by atoms with E-state index in [9.17, 15) is 9.59 Å². The molecule has 112 valence electrons. The molecule has 1 rings (SSSR count). The maximum absolute atomic E-state index is 11.4. The van der Waals surface area contributed by atoms with Gasteiger partial charge in [0.05, 0.1) is 11.6 Å². The van der Waals surface area contributed by atoms with E-state index in [1.54, 1.807) is 24.3 Å². The highest BCUT2D eigenvalue weighted by molar-refractivity contribution is 5.81. The van der Waals surface area contributed by atoms with E-state index in [0.717, 1.165) is 6.42 Å². The number of carbonyl (C=O) groups excluding carboxylic acids is 2. The van der Waals surface area contributed by atoms with Crippen LogP contribution in [0.1, 0.15) is 25.8 Å². The van der Waals surface area contributed by atoms with Crippen LogP contribution in [0.5, 0.6) is 5.75 Å². The summed E-state index contributed by atoms with van der Waals surface area (Å²) in [5.41, 5.74) is 0.506. The first-order chi connectivity index (χ1) is 10.0. The Morgan fingerprint density at radius 1 is 1.29 bits per heavy atom. The number of hydrogen-bond acceptors (Lipinski definition) is 5. The molecule has 1 aromatic rings. The van der Waals surface area contributed by atoms with Crippen molar-refractivity contribution in [2.75, 3.05) is 13.2 Å². The van der Waals surface area contributed by atoms with Crippen molar-refractivity contribution in [2.45, 2.75) is 26.3 Å². The topological polar surface area (TPSA) is 88.4 Å². The van der Waals surface area contributed by atoms with Crippen LogP contribution in [0, 0.1) is 11.3 Å². The third-order valence-corrected chi connectivity index (χ3v) is 2.72. The van der Waals surface area contributed by atoms with E-state index in [1.165, 1.54) is 0 Å². The predicted molar refractivity (Wildman–Crippen MR) is 75.5 cm³/mol. The van der Waals surface area contributed by atoms with Crippen LogP contribution < -0.4 is 10.1 Å². The van der Waals surface area contributed by atoms with Gasteiger partial charge >= 0.3 is 5.97 Å². The van der Waals surface area contributed by atoms with Gasteiger partial charge in [-0.25, -0.2) is 4.79 Å². The van der Waals surface area contributed by atoms with Crippen molar-refractivity contribution in [3.8, 4) is 11.8 Å². The molecule has 0 saturated carbocycles. The average molecular weight is 290 g/mol. The molecule has 1 N–H and O–H groups in total. The monoisotopic (exact) mass is 290 g/mol. The largest absolute Gasteiger partial charge is 0.482 e. The number of nitriles is 1. The number of benzene rings is 1. The van der Waals surface area contributed by atoms with Crippen LogP contribution in [-0.4, -0.2) is 31.1 Å². The third-order valence-electron chi connectivity index (χ3n) is 2.72. The van der Waals surface area contributed by atoms with Crippen molar-refractivity contribution in [1.82, 2.24) is 5.32 Å². The molecule has 0 bridgehead atoms. The van der Waals surface area contributed by atoms with E-state index in [4.69, 9.17) is 14.7 Å². The molecule has 6 nitrogen and oxygen atoms in total. The Labute approximate surface area is 123 Å². The van der Waals surface area contributed by atoms with Gasteiger partial charge in [0.25, 0.3) is 5.91 Å². The highest BCUT2D eigenvalue weighted by Crippen LogP contribution is 2.11. The minimum Gasteiger partial charge on any atom is -0.482 e. The predicted octanol–water partition coefficient (Wildman–Crippen LogP) is 1.39. The van der Waals surface area contributed by atoms with Crippen LogP contribution in [0.4, 0.5) is 0 Å². The normalized spacial score (nSPS) is 11.1. The van der Waals surface area contributed by atoms with Crippen LogP contribution >= 0.6 is 0 Å². The summed E-state index contributed by atoms with van der Waals surface area (Å²) in [6.07, 6.45) is 0.807. The number of nitrogens with zero attached hydrogens (tertiary/aromatic N) is 1. The van der Waals surface area contributed by atoms with Crippen molar-refractivity contribution in [1.29, 1.82) is 5.26 Å². The van der Waals surface area contributed by atoms with Crippen molar-refractivity contribution in [3.05, 3.63) is 29.8 Å². The van der Waals surface area contributed by atoms with Gasteiger partial charge in [0.1, 0.15) is 5.75 Å². The van der Waals surface area contributed by atoms with E-state index in [0.29, 0.717) is 11.3 Å². The second-order valence-electron chi connectivity index (χ2n) is 4.46. The lowest BCUT2D eigenvalue weighted by Gasteiger charge is -2.11. The van der Waals surface area contributed by atoms with E-state index in [2.05, 4.69) is 5.32 Å². The van der Waals surface area contributed by atoms with Crippen LogP contribution in [0.25, 0.3) is 0 Å². The Balaban J connectivity index is 2.27. The molecule has 0 fully saturated rings. The van der Waals surface area contributed by atoms with E-state index < -0.39 is 5.97 Å². The molecule has 0 aliphatic carbocycles. The number of nitrogens with one attached hydrogen (secondary N) is 1. The van der Waals surface area contributed by atoms with Crippen LogP contribution in [0.3, 0.4) is 0 Å². The molecule has 0 aromatic heterocycles. The van der Waals surface area contributed by atoms with Gasteiger partial charge in [0, 0.05) is 6.04 Å². The van der Waals surface area contributed by atoms with Crippen LogP contribution in [0.2, 0.25) is 0 Å². The number of hydrogen-bond donors (Lipinski definition) is 1. The van der Waals surface area contributed by atoms with Gasteiger partial charge < -0.3 is 14.8 Å². The smallest absolute Gasteiger partial charge is 0.344 e. The fourth-order valence-corrected chi connectivity index (χ4v) is 1.37. The molecule has 0 aliphatic rings. The molecule has 0 heterocycles. The van der Waals surface area contributed by atoms with Gasteiger partial charge in [-0.3, -0.25) is 4.79 Å². The standard InChI is InChI=1S/C15H18N2O4/c1-3-11(2)17-14(18)9-21-15(19)10-20-13-6-4-12(8-16)5-7-13/h4-7,11H,3,9-10H2,1-2H3,(H,17,18)/t11-/m1/s1. The zero-order valence-corrected chi connectivity index (χ0v) is 12.1. The van der Waals surface area contributed by atoms with Gasteiger partial charge in [-0.05, 0) is 37.6 Å². The second-order valence-corrected chi connectivity index (χ2v) is 4.46. The lowest BCUT2D eigenvalue weighted by molar-refractivity contribution is -0.150. The van der Waals surface area contributed by atoms with Gasteiger partial charge in [0.2, 0.25) is 0 Å². The molecular formula is C15H18N2O4. The number of ether oxygens (including phenoxy) is 2. The van der Waals surface area contributed by atoms with Crippen molar-refractivity contribution >= 4 is 11.9 Å². The Morgan fingerprint density at radius 2 is 1.95 bits per heavy atom. The van der Waals surface area contributed by atoms with Crippen molar-refractivity contribution < 1.29 is 19.1 Å². The molecular weight excluding hydrogens is 272 g/mol. The van der Waals surface area contributed by atoms with E-state index >= 15 is 0 Å². The minimum absolute atomic E-state index is 0.0473. The third kappa shape index (κ3) is 6.43. The summed E-state index contributed by atoms with van der Waals surface area (Å²) < 4.78 is 9.97. The van der Waals surface area contributed by atoms with Crippen LogP contribution in [-0.2, 0) is 14.3 Å². The molecule has 0 saturated heterocycles. The van der Waals surface area contributed by atoms with Gasteiger partial charge in [-0.15, -0.1) is 0 Å². The summed E-state index contributed by atoms with van der Waals surface area (Å²) in [6.45, 7) is 3.21. The maximum atomic E-state index is 11.4. The highest BCUT2D eigenvalue weighted by Gasteiger charge is 2.10. The van der Waals surface area contributed by atoms with Gasteiger partial charge in [-0.1, -0.05) is 6.92 Å². The number of carbonyl (C=O) groups is 2. The SMILES string of the molecule is CC[C@@H](C)NC(=O)COC(=O)COc1ccc(C#N)cc1. The molecule has 1 atom stereocenters. The molecule has 1 aromatic carbocycles. The summed E-state index contributed by atoms with van der Waals surface area (Å²) in [6, 6.07) is 8.36. The Bertz CT molecular complexity index is 519. The lowest BCUT2D eigenvalue weighted by atomic mass is 10.2. The summed E-state index contributed by atoms with van der Waals surface area (Å²) in [5.74, 6) is -0.509. The molecule has 0 aliphatic heterocycles. The van der Waals surface area contributed by atoms with Crippen molar-refractivity contribution in [2.24, 2.45) is 0 Å². The lowest BCUT2D eigenvalue weighted by Crippen LogP contribution is -2.35. The Morgan fingerprint density at radius 3 is 2.52 bits per heavy atom. The summed E-state index contributed by atoms with van der Waals surface area (Å²) in [5, 5.41) is 11.3. The van der Waals surface area contributed by atoms with E-state index in [1.807, 2.05) is 19.9 Å². The summed E-state index contributed by atoms with van der Waals surface area (Å²) in [4.78, 5) is 22.8. The minimum atomic E-state index is -0.626.